The van der Waals surface area contributed by atoms with Crippen LogP contribution in [0.25, 0.3) is 0 Å². The minimum Gasteiger partial charge on any atom is -0.368 e. The molecule has 0 aliphatic carbocycles. The van der Waals surface area contributed by atoms with Crippen molar-refractivity contribution in [3.05, 3.63) is 29.7 Å². The van der Waals surface area contributed by atoms with Crippen LogP contribution in [0.15, 0.2) is 21.8 Å². The SMILES string of the molecule is Cc1noc(C)c1S(=O)(=O)N1CCC[C@@H](c2nccn2CC(N)=O)C1. The molecule has 0 aromatic carbocycles. The lowest BCUT2D eigenvalue weighted by Crippen LogP contribution is -2.40. The fourth-order valence-electron chi connectivity index (χ4n) is 3.33. The molecule has 1 saturated heterocycles. The Morgan fingerprint density at radius 3 is 2.84 bits per heavy atom. The molecule has 0 spiro atoms. The Labute approximate surface area is 145 Å². The second-order valence-electron chi connectivity index (χ2n) is 6.24. The van der Waals surface area contributed by atoms with E-state index < -0.39 is 15.9 Å². The first kappa shape index (κ1) is 17.6. The Morgan fingerprint density at radius 2 is 2.20 bits per heavy atom. The maximum atomic E-state index is 13.0. The first-order valence-corrected chi connectivity index (χ1v) is 9.47. The highest BCUT2D eigenvalue weighted by atomic mass is 32.2. The minimum absolute atomic E-state index is 0.0302. The van der Waals surface area contributed by atoms with Crippen molar-refractivity contribution in [2.45, 2.75) is 44.0 Å². The monoisotopic (exact) mass is 367 g/mol. The summed E-state index contributed by atoms with van der Waals surface area (Å²) >= 11 is 0. The molecule has 136 valence electrons. The van der Waals surface area contributed by atoms with Gasteiger partial charge < -0.3 is 14.8 Å². The number of sulfonamides is 1. The van der Waals surface area contributed by atoms with Gasteiger partial charge in [0.15, 0.2) is 5.76 Å². The van der Waals surface area contributed by atoms with Gasteiger partial charge in [0.1, 0.15) is 23.0 Å². The number of hydrogen-bond acceptors (Lipinski definition) is 6. The Hall–Kier alpha value is -2.20. The molecule has 0 unspecified atom stereocenters. The van der Waals surface area contributed by atoms with Crippen molar-refractivity contribution in [2.24, 2.45) is 5.73 Å². The van der Waals surface area contributed by atoms with Gasteiger partial charge in [-0.3, -0.25) is 4.79 Å². The molecule has 1 atom stereocenters. The lowest BCUT2D eigenvalue weighted by atomic mass is 9.99. The summed E-state index contributed by atoms with van der Waals surface area (Å²) in [4.78, 5) is 15.6. The molecule has 3 heterocycles. The van der Waals surface area contributed by atoms with E-state index in [-0.39, 0.29) is 23.1 Å². The lowest BCUT2D eigenvalue weighted by molar-refractivity contribution is -0.118. The zero-order valence-electron chi connectivity index (χ0n) is 14.2. The minimum atomic E-state index is -3.69. The van der Waals surface area contributed by atoms with Crippen LogP contribution in [0.3, 0.4) is 0 Å². The van der Waals surface area contributed by atoms with Gasteiger partial charge in [-0.2, -0.15) is 4.31 Å². The fraction of sp³-hybridized carbons (Fsp3) is 0.533. The van der Waals surface area contributed by atoms with Gasteiger partial charge >= 0.3 is 0 Å². The maximum Gasteiger partial charge on any atom is 0.248 e. The topological polar surface area (TPSA) is 124 Å². The molecule has 3 rings (SSSR count). The standard InChI is InChI=1S/C15H21N5O4S/c1-10-14(11(2)24-18-10)25(22,23)20-6-3-4-12(8-20)15-17-5-7-19(15)9-13(16)21/h5,7,12H,3-4,6,8-9H2,1-2H3,(H2,16,21)/t12-/m1/s1. The molecule has 25 heavy (non-hydrogen) atoms. The number of aryl methyl sites for hydroxylation is 2. The van der Waals surface area contributed by atoms with Crippen LogP contribution in [0.4, 0.5) is 0 Å². The zero-order chi connectivity index (χ0) is 18.2. The van der Waals surface area contributed by atoms with Crippen molar-refractivity contribution in [3.8, 4) is 0 Å². The third kappa shape index (κ3) is 3.31. The summed E-state index contributed by atoms with van der Waals surface area (Å²) in [7, 11) is -3.69. The quantitative estimate of drug-likeness (QED) is 0.822. The highest BCUT2D eigenvalue weighted by molar-refractivity contribution is 7.89. The van der Waals surface area contributed by atoms with E-state index in [0.717, 1.165) is 6.42 Å². The third-order valence-corrected chi connectivity index (χ3v) is 6.50. The smallest absolute Gasteiger partial charge is 0.248 e. The number of nitrogens with two attached hydrogens (primary N) is 1. The summed E-state index contributed by atoms with van der Waals surface area (Å²) in [6.07, 6.45) is 4.78. The van der Waals surface area contributed by atoms with E-state index in [2.05, 4.69) is 10.1 Å². The number of piperidine rings is 1. The third-order valence-electron chi connectivity index (χ3n) is 4.39. The number of nitrogens with zero attached hydrogens (tertiary/aromatic N) is 4. The Morgan fingerprint density at radius 1 is 1.44 bits per heavy atom. The van der Waals surface area contributed by atoms with Crippen molar-refractivity contribution in [1.82, 2.24) is 19.0 Å². The van der Waals surface area contributed by atoms with Crippen LogP contribution in [0, 0.1) is 13.8 Å². The highest BCUT2D eigenvalue weighted by Crippen LogP contribution is 2.31. The van der Waals surface area contributed by atoms with Gasteiger partial charge in [-0.05, 0) is 26.7 Å². The van der Waals surface area contributed by atoms with Crippen molar-refractivity contribution < 1.29 is 17.7 Å². The molecule has 2 aromatic rings. The molecular formula is C15H21N5O4S. The van der Waals surface area contributed by atoms with Crippen molar-refractivity contribution in [3.63, 3.8) is 0 Å². The van der Waals surface area contributed by atoms with E-state index >= 15 is 0 Å². The van der Waals surface area contributed by atoms with Gasteiger partial charge in [0.2, 0.25) is 15.9 Å². The number of rotatable bonds is 5. The second kappa shape index (κ2) is 6.60. The van der Waals surface area contributed by atoms with Gasteiger partial charge in [0.25, 0.3) is 0 Å². The van der Waals surface area contributed by atoms with Crippen LogP contribution in [0.1, 0.15) is 36.0 Å². The largest absolute Gasteiger partial charge is 0.368 e. The van der Waals surface area contributed by atoms with Gasteiger partial charge in [-0.1, -0.05) is 5.16 Å². The molecule has 1 aliphatic heterocycles. The number of primary amides is 1. The van der Waals surface area contributed by atoms with E-state index in [1.54, 1.807) is 30.8 Å². The summed E-state index contributed by atoms with van der Waals surface area (Å²) in [5.74, 6) is 0.404. The Bertz CT molecular complexity index is 866. The maximum absolute atomic E-state index is 13.0. The van der Waals surface area contributed by atoms with Crippen molar-refractivity contribution >= 4 is 15.9 Å². The molecule has 2 N–H and O–H groups in total. The second-order valence-corrected chi connectivity index (χ2v) is 8.11. The Kier molecular flexibility index (Phi) is 4.65. The van der Waals surface area contributed by atoms with E-state index in [1.165, 1.54) is 4.31 Å². The first-order chi connectivity index (χ1) is 11.8. The van der Waals surface area contributed by atoms with Gasteiger partial charge in [-0.25, -0.2) is 13.4 Å². The number of carbonyl (C=O) groups excluding carboxylic acids is 1. The summed E-state index contributed by atoms with van der Waals surface area (Å²) in [6, 6.07) is 0. The van der Waals surface area contributed by atoms with Crippen molar-refractivity contribution in [1.29, 1.82) is 0 Å². The van der Waals surface area contributed by atoms with Gasteiger partial charge in [0, 0.05) is 31.4 Å². The molecule has 0 saturated carbocycles. The predicted octanol–water partition coefficient (Wildman–Crippen LogP) is 0.542. The van der Waals surface area contributed by atoms with Gasteiger partial charge in [0.05, 0.1) is 0 Å². The van der Waals surface area contributed by atoms with E-state index in [1.807, 2.05) is 0 Å². The number of aromatic nitrogens is 3. The molecule has 10 heteroatoms. The summed E-state index contributed by atoms with van der Waals surface area (Å²) in [5, 5.41) is 3.74. The molecule has 1 fully saturated rings. The number of imidazole rings is 1. The average molecular weight is 367 g/mol. The molecular weight excluding hydrogens is 346 g/mol. The molecule has 2 aromatic heterocycles. The molecule has 9 nitrogen and oxygen atoms in total. The lowest BCUT2D eigenvalue weighted by Gasteiger charge is -2.31. The van der Waals surface area contributed by atoms with Crippen LogP contribution < -0.4 is 5.73 Å². The summed E-state index contributed by atoms with van der Waals surface area (Å²) in [5.41, 5.74) is 5.62. The average Bonchev–Trinajstić information content (AvgIpc) is 3.13. The molecule has 0 radical (unpaired) electrons. The number of hydrogen-bond donors (Lipinski definition) is 1. The molecule has 1 aliphatic rings. The zero-order valence-corrected chi connectivity index (χ0v) is 15.0. The van der Waals surface area contributed by atoms with Crippen LogP contribution >= 0.6 is 0 Å². The van der Waals surface area contributed by atoms with Crippen LogP contribution in [-0.2, 0) is 21.4 Å². The Balaban J connectivity index is 1.87. The summed E-state index contributed by atoms with van der Waals surface area (Å²) in [6.45, 7) is 3.96. The number of carbonyl (C=O) groups is 1. The van der Waals surface area contributed by atoms with Crippen LogP contribution in [0.2, 0.25) is 0 Å². The van der Waals surface area contributed by atoms with Crippen molar-refractivity contribution in [2.75, 3.05) is 13.1 Å². The predicted molar refractivity (Wildman–Crippen MR) is 88.1 cm³/mol. The fourth-order valence-corrected chi connectivity index (χ4v) is 5.14. The molecule has 0 bridgehead atoms. The van der Waals surface area contributed by atoms with Crippen LogP contribution in [-0.4, -0.2) is 46.4 Å². The van der Waals surface area contributed by atoms with Gasteiger partial charge in [-0.15, -0.1) is 0 Å². The van der Waals surface area contributed by atoms with E-state index in [4.69, 9.17) is 10.3 Å². The highest BCUT2D eigenvalue weighted by Gasteiger charge is 2.36. The first-order valence-electron chi connectivity index (χ1n) is 8.03. The van der Waals surface area contributed by atoms with E-state index in [0.29, 0.717) is 31.0 Å². The number of amides is 1. The molecule has 1 amide bonds. The van der Waals surface area contributed by atoms with E-state index in [9.17, 15) is 13.2 Å². The normalized spacial score (nSPS) is 19.2. The van der Waals surface area contributed by atoms with Crippen LogP contribution in [0.5, 0.6) is 0 Å². The summed E-state index contributed by atoms with van der Waals surface area (Å²) < 4.78 is 34.1.